The van der Waals surface area contributed by atoms with Gasteiger partial charge in [0.05, 0.1) is 7.11 Å². The average Bonchev–Trinajstić information content (AvgIpc) is 3.38. The summed E-state index contributed by atoms with van der Waals surface area (Å²) in [6.45, 7) is 6.01. The van der Waals surface area contributed by atoms with E-state index in [-0.39, 0.29) is 0 Å². The van der Waals surface area contributed by atoms with Crippen LogP contribution in [0.2, 0.25) is 0 Å². The Morgan fingerprint density at radius 3 is 2.38 bits per heavy atom. The second-order valence-corrected chi connectivity index (χ2v) is 6.57. The first-order valence-corrected chi connectivity index (χ1v) is 8.38. The second-order valence-electron chi connectivity index (χ2n) is 6.57. The zero-order valence-electron chi connectivity index (χ0n) is 13.3. The van der Waals surface area contributed by atoms with E-state index in [2.05, 4.69) is 41.4 Å². The molecule has 0 bridgehead atoms. The Hall–Kier alpha value is -1.06. The molecule has 0 aromatic heterocycles. The lowest BCUT2D eigenvalue weighted by Crippen LogP contribution is -2.38. The van der Waals surface area contributed by atoms with Crippen LogP contribution in [0.25, 0.3) is 0 Å². The van der Waals surface area contributed by atoms with Crippen molar-refractivity contribution in [1.82, 2.24) is 10.2 Å². The lowest BCUT2D eigenvalue weighted by atomic mass is 9.96. The molecule has 1 aromatic carbocycles. The molecule has 1 heterocycles. The fourth-order valence-electron chi connectivity index (χ4n) is 3.47. The number of methoxy groups -OCH3 is 1. The van der Waals surface area contributed by atoms with Crippen molar-refractivity contribution in [1.29, 1.82) is 0 Å². The van der Waals surface area contributed by atoms with Crippen LogP contribution in [0.1, 0.15) is 44.2 Å². The van der Waals surface area contributed by atoms with E-state index in [0.29, 0.717) is 6.04 Å². The molecule has 3 heteroatoms. The minimum absolute atomic E-state index is 0.512. The van der Waals surface area contributed by atoms with Gasteiger partial charge < -0.3 is 10.1 Å². The van der Waals surface area contributed by atoms with Crippen LogP contribution in [0.3, 0.4) is 0 Å². The number of benzene rings is 1. The van der Waals surface area contributed by atoms with Gasteiger partial charge in [0.15, 0.2) is 0 Å². The van der Waals surface area contributed by atoms with Gasteiger partial charge >= 0.3 is 0 Å². The molecule has 1 atom stereocenters. The monoisotopic (exact) mass is 288 g/mol. The van der Waals surface area contributed by atoms with E-state index in [0.717, 1.165) is 17.7 Å². The highest BCUT2D eigenvalue weighted by Gasteiger charge is 2.34. The molecular formula is C18H28N2O. The van der Waals surface area contributed by atoms with Crippen LogP contribution in [0.4, 0.5) is 0 Å². The van der Waals surface area contributed by atoms with Crippen molar-refractivity contribution in [3.05, 3.63) is 29.8 Å². The van der Waals surface area contributed by atoms with Crippen molar-refractivity contribution in [2.24, 2.45) is 5.92 Å². The summed E-state index contributed by atoms with van der Waals surface area (Å²) in [6, 6.07) is 9.95. The smallest absolute Gasteiger partial charge is 0.118 e. The van der Waals surface area contributed by atoms with E-state index in [1.165, 1.54) is 50.9 Å². The molecule has 0 spiro atoms. The number of hydrogen-bond acceptors (Lipinski definition) is 3. The van der Waals surface area contributed by atoms with Crippen LogP contribution in [-0.4, -0.2) is 37.7 Å². The van der Waals surface area contributed by atoms with E-state index in [9.17, 15) is 0 Å². The van der Waals surface area contributed by atoms with Gasteiger partial charge in [-0.25, -0.2) is 0 Å². The van der Waals surface area contributed by atoms with Gasteiger partial charge in [0.1, 0.15) is 5.75 Å². The summed E-state index contributed by atoms with van der Waals surface area (Å²) >= 11 is 0. The molecule has 3 nitrogen and oxygen atoms in total. The van der Waals surface area contributed by atoms with Gasteiger partial charge in [-0.3, -0.25) is 4.90 Å². The number of hydrogen-bond donors (Lipinski definition) is 1. The Morgan fingerprint density at radius 2 is 1.81 bits per heavy atom. The maximum absolute atomic E-state index is 5.27. The van der Waals surface area contributed by atoms with Gasteiger partial charge in [0, 0.05) is 18.6 Å². The summed E-state index contributed by atoms with van der Waals surface area (Å²) in [5.74, 6) is 1.81. The first-order valence-electron chi connectivity index (χ1n) is 8.38. The Labute approximate surface area is 128 Å². The van der Waals surface area contributed by atoms with Crippen molar-refractivity contribution in [3.63, 3.8) is 0 Å². The molecule has 1 aromatic rings. The highest BCUT2D eigenvalue weighted by Crippen LogP contribution is 2.36. The molecule has 1 aliphatic carbocycles. The Bertz CT molecular complexity index is 435. The van der Waals surface area contributed by atoms with Gasteiger partial charge in [-0.2, -0.15) is 0 Å². The molecule has 2 aliphatic rings. The third kappa shape index (κ3) is 3.78. The summed E-state index contributed by atoms with van der Waals surface area (Å²) in [5.41, 5.74) is 1.41. The quantitative estimate of drug-likeness (QED) is 0.870. The number of piperidine rings is 1. The molecule has 1 N–H and O–H groups in total. The molecule has 116 valence electrons. The molecular weight excluding hydrogens is 260 g/mol. The maximum Gasteiger partial charge on any atom is 0.118 e. The number of nitrogens with zero attached hydrogens (tertiary/aromatic N) is 1. The number of rotatable bonds is 6. The van der Waals surface area contributed by atoms with Crippen LogP contribution in [-0.2, 0) is 0 Å². The van der Waals surface area contributed by atoms with Crippen molar-refractivity contribution < 1.29 is 4.74 Å². The molecule has 1 unspecified atom stereocenters. The van der Waals surface area contributed by atoms with Gasteiger partial charge in [0.2, 0.25) is 0 Å². The molecule has 1 saturated heterocycles. The van der Waals surface area contributed by atoms with Crippen LogP contribution in [0.15, 0.2) is 24.3 Å². The van der Waals surface area contributed by atoms with E-state index < -0.39 is 0 Å². The lowest BCUT2D eigenvalue weighted by Gasteiger charge is -2.34. The minimum atomic E-state index is 0.512. The van der Waals surface area contributed by atoms with Crippen LogP contribution >= 0.6 is 0 Å². The Balaban J connectivity index is 1.66. The van der Waals surface area contributed by atoms with Gasteiger partial charge in [-0.1, -0.05) is 12.1 Å². The summed E-state index contributed by atoms with van der Waals surface area (Å²) in [4.78, 5) is 2.75. The fraction of sp³-hybridized carbons (Fsp3) is 0.667. The Kier molecular flexibility index (Phi) is 4.81. The summed E-state index contributed by atoms with van der Waals surface area (Å²) in [6.07, 6.45) is 5.42. The third-order valence-corrected chi connectivity index (χ3v) is 5.04. The Morgan fingerprint density at radius 1 is 1.14 bits per heavy atom. The van der Waals surface area contributed by atoms with Crippen molar-refractivity contribution >= 4 is 0 Å². The van der Waals surface area contributed by atoms with Crippen molar-refractivity contribution in [2.75, 3.05) is 26.7 Å². The maximum atomic E-state index is 5.27. The fourth-order valence-corrected chi connectivity index (χ4v) is 3.47. The van der Waals surface area contributed by atoms with Crippen molar-refractivity contribution in [3.8, 4) is 5.75 Å². The van der Waals surface area contributed by atoms with Gasteiger partial charge in [0.25, 0.3) is 0 Å². The van der Waals surface area contributed by atoms with E-state index in [4.69, 9.17) is 4.74 Å². The van der Waals surface area contributed by atoms with Crippen molar-refractivity contribution in [2.45, 2.75) is 44.7 Å². The minimum Gasteiger partial charge on any atom is -0.497 e. The first kappa shape index (κ1) is 14.9. The predicted octanol–water partition coefficient (Wildman–Crippen LogP) is 3.22. The van der Waals surface area contributed by atoms with E-state index >= 15 is 0 Å². The summed E-state index contributed by atoms with van der Waals surface area (Å²) < 4.78 is 5.27. The number of nitrogens with one attached hydrogen (secondary N) is 1. The standard InChI is InChI=1S/C18H28N2O/c1-14(16-3-7-18(21-2)8-4-16)20(17-5-6-17)13-15-9-11-19-12-10-15/h3-4,7-8,14-15,17,19H,5-6,9-13H2,1-2H3. The normalized spacial score (nSPS) is 21.5. The largest absolute Gasteiger partial charge is 0.497 e. The topological polar surface area (TPSA) is 24.5 Å². The highest BCUT2D eigenvalue weighted by atomic mass is 16.5. The van der Waals surface area contributed by atoms with E-state index in [1.54, 1.807) is 7.11 Å². The summed E-state index contributed by atoms with van der Waals surface area (Å²) in [7, 11) is 1.73. The van der Waals surface area contributed by atoms with Crippen LogP contribution < -0.4 is 10.1 Å². The SMILES string of the molecule is COc1ccc(C(C)N(CC2CCNCC2)C2CC2)cc1. The highest BCUT2D eigenvalue weighted by molar-refractivity contribution is 5.29. The van der Waals surface area contributed by atoms with Gasteiger partial charge in [-0.05, 0) is 69.3 Å². The molecule has 1 aliphatic heterocycles. The predicted molar refractivity (Wildman–Crippen MR) is 86.7 cm³/mol. The molecule has 0 amide bonds. The average molecular weight is 288 g/mol. The van der Waals surface area contributed by atoms with E-state index in [1.807, 2.05) is 0 Å². The second kappa shape index (κ2) is 6.80. The molecule has 21 heavy (non-hydrogen) atoms. The molecule has 1 saturated carbocycles. The lowest BCUT2D eigenvalue weighted by molar-refractivity contribution is 0.152. The summed E-state index contributed by atoms with van der Waals surface area (Å²) in [5, 5.41) is 3.47. The number of ether oxygens (including phenoxy) is 1. The molecule has 2 fully saturated rings. The molecule has 3 rings (SSSR count). The zero-order chi connectivity index (χ0) is 14.7. The van der Waals surface area contributed by atoms with Crippen LogP contribution in [0, 0.1) is 5.92 Å². The van der Waals surface area contributed by atoms with Gasteiger partial charge in [-0.15, -0.1) is 0 Å². The molecule has 0 radical (unpaired) electrons. The van der Waals surface area contributed by atoms with Crippen LogP contribution in [0.5, 0.6) is 5.75 Å². The first-order chi connectivity index (χ1) is 10.3. The zero-order valence-corrected chi connectivity index (χ0v) is 13.3. The third-order valence-electron chi connectivity index (χ3n) is 5.04.